The number of methoxy groups -OCH3 is 1. The lowest BCUT2D eigenvalue weighted by atomic mass is 10.1. The van der Waals surface area contributed by atoms with E-state index < -0.39 is 0 Å². The average molecular weight is 488 g/mol. The number of rotatable bonds is 12. The number of nitrogens with one attached hydrogen (secondary N) is 3. The molecule has 1 aromatic heterocycles. The summed E-state index contributed by atoms with van der Waals surface area (Å²) in [4.78, 5) is 7.96. The van der Waals surface area contributed by atoms with Gasteiger partial charge in [0, 0.05) is 50.5 Å². The van der Waals surface area contributed by atoms with E-state index in [4.69, 9.17) is 9.47 Å². The number of H-pyrrole nitrogens is 1. The number of hydrogen-bond acceptors (Lipinski definition) is 3. The Morgan fingerprint density at radius 1 is 1.11 bits per heavy atom. The maximum atomic E-state index is 5.46. The number of unbranched alkanes of at least 4 members (excludes halogenated alkanes) is 1. The van der Waals surface area contributed by atoms with Crippen LogP contribution in [0.15, 0.2) is 35.5 Å². The summed E-state index contributed by atoms with van der Waals surface area (Å²) in [5.41, 5.74) is 2.52. The van der Waals surface area contributed by atoms with Gasteiger partial charge in [0.05, 0.1) is 13.2 Å². The van der Waals surface area contributed by atoms with Gasteiger partial charge < -0.3 is 25.1 Å². The highest BCUT2D eigenvalue weighted by Gasteiger charge is 2.03. The third-order valence-electron chi connectivity index (χ3n) is 4.10. The number of hydrogen-bond donors (Lipinski definition) is 3. The van der Waals surface area contributed by atoms with Gasteiger partial charge in [0.1, 0.15) is 0 Å². The predicted octanol–water partition coefficient (Wildman–Crippen LogP) is 3.33. The molecule has 27 heavy (non-hydrogen) atoms. The fraction of sp³-hybridized carbons (Fsp3) is 0.550. The lowest BCUT2D eigenvalue weighted by molar-refractivity contribution is 0.0690. The van der Waals surface area contributed by atoms with Crippen LogP contribution in [-0.2, 0) is 15.9 Å². The largest absolute Gasteiger partial charge is 0.382 e. The Hall–Kier alpha value is -1.32. The molecule has 0 amide bonds. The van der Waals surface area contributed by atoms with Gasteiger partial charge in [0.25, 0.3) is 0 Å². The van der Waals surface area contributed by atoms with Crippen LogP contribution in [0.2, 0.25) is 0 Å². The molecule has 1 aromatic carbocycles. The first kappa shape index (κ1) is 23.7. The molecule has 0 unspecified atom stereocenters. The van der Waals surface area contributed by atoms with Crippen molar-refractivity contribution in [3.05, 3.63) is 36.0 Å². The van der Waals surface area contributed by atoms with Crippen LogP contribution >= 0.6 is 24.0 Å². The smallest absolute Gasteiger partial charge is 0.191 e. The monoisotopic (exact) mass is 488 g/mol. The number of para-hydroxylation sites is 1. The maximum Gasteiger partial charge on any atom is 0.191 e. The molecule has 0 aliphatic carbocycles. The number of nitrogens with zero attached hydrogens (tertiary/aromatic N) is 1. The van der Waals surface area contributed by atoms with Crippen LogP contribution in [-0.4, -0.2) is 57.5 Å². The summed E-state index contributed by atoms with van der Waals surface area (Å²) >= 11 is 0. The van der Waals surface area contributed by atoms with E-state index in [0.29, 0.717) is 13.2 Å². The molecule has 0 radical (unpaired) electrons. The second-order valence-electron chi connectivity index (χ2n) is 6.11. The van der Waals surface area contributed by atoms with Crippen molar-refractivity contribution >= 4 is 40.8 Å². The quantitative estimate of drug-likeness (QED) is 0.186. The molecule has 0 spiro atoms. The van der Waals surface area contributed by atoms with Crippen molar-refractivity contribution in [1.29, 1.82) is 0 Å². The number of halogens is 1. The van der Waals surface area contributed by atoms with Crippen LogP contribution in [0.25, 0.3) is 10.9 Å². The van der Waals surface area contributed by atoms with Crippen LogP contribution in [0.4, 0.5) is 0 Å². The Morgan fingerprint density at radius 2 is 1.96 bits per heavy atom. The summed E-state index contributed by atoms with van der Waals surface area (Å²) in [5, 5.41) is 8.02. The number of guanidine groups is 1. The van der Waals surface area contributed by atoms with E-state index in [-0.39, 0.29) is 24.0 Å². The minimum Gasteiger partial charge on any atom is -0.382 e. The van der Waals surface area contributed by atoms with E-state index in [1.165, 1.54) is 16.5 Å². The molecular formula is C20H33IN4O2. The van der Waals surface area contributed by atoms with E-state index in [1.54, 1.807) is 7.11 Å². The Labute approximate surface area is 179 Å². The minimum atomic E-state index is 0. The molecule has 0 fully saturated rings. The molecule has 0 saturated carbocycles. The van der Waals surface area contributed by atoms with Crippen molar-refractivity contribution < 1.29 is 9.47 Å². The first-order chi connectivity index (χ1) is 12.8. The van der Waals surface area contributed by atoms with E-state index in [1.807, 2.05) is 0 Å². The standard InChI is InChI=1S/C20H32N4O2.HI/c1-3-21-20(22-11-6-7-13-26-15-14-25-2)23-12-10-17-16-24-19-9-5-4-8-18(17)19;/h4-5,8-9,16,24H,3,6-7,10-15H2,1-2H3,(H2,21,22,23);1H. The molecule has 3 N–H and O–H groups in total. The lowest BCUT2D eigenvalue weighted by Gasteiger charge is -2.11. The summed E-state index contributed by atoms with van der Waals surface area (Å²) in [6.07, 6.45) is 5.09. The number of aromatic amines is 1. The summed E-state index contributed by atoms with van der Waals surface area (Å²) in [5.74, 6) is 0.882. The lowest BCUT2D eigenvalue weighted by Crippen LogP contribution is -2.38. The molecule has 6 nitrogen and oxygen atoms in total. The fourth-order valence-corrected chi connectivity index (χ4v) is 2.75. The van der Waals surface area contributed by atoms with Crippen molar-refractivity contribution in [3.8, 4) is 0 Å². The van der Waals surface area contributed by atoms with Crippen molar-refractivity contribution in [3.63, 3.8) is 0 Å². The third kappa shape index (κ3) is 8.94. The molecule has 7 heteroatoms. The number of fused-ring (bicyclic) bond motifs is 1. The molecular weight excluding hydrogens is 455 g/mol. The summed E-state index contributed by atoms with van der Waals surface area (Å²) in [6.45, 7) is 6.69. The number of benzene rings is 1. The highest BCUT2D eigenvalue weighted by Crippen LogP contribution is 2.17. The van der Waals surface area contributed by atoms with Crippen molar-refractivity contribution in [2.24, 2.45) is 4.99 Å². The zero-order valence-corrected chi connectivity index (χ0v) is 18.8. The Morgan fingerprint density at radius 3 is 2.78 bits per heavy atom. The van der Waals surface area contributed by atoms with Crippen molar-refractivity contribution in [2.75, 3.05) is 46.6 Å². The normalized spacial score (nSPS) is 11.4. The minimum absolute atomic E-state index is 0. The second-order valence-corrected chi connectivity index (χ2v) is 6.11. The zero-order valence-electron chi connectivity index (χ0n) is 16.4. The molecule has 2 aromatic rings. The SMILES string of the molecule is CCNC(=NCCCCOCCOC)NCCc1c[nH]c2ccccc12.I. The van der Waals surface area contributed by atoms with Gasteiger partial charge in [-0.25, -0.2) is 0 Å². The Bertz CT molecular complexity index is 660. The van der Waals surface area contributed by atoms with Gasteiger partial charge in [-0.05, 0) is 37.8 Å². The van der Waals surface area contributed by atoms with Gasteiger partial charge in [-0.1, -0.05) is 18.2 Å². The van der Waals surface area contributed by atoms with E-state index in [0.717, 1.165) is 51.5 Å². The summed E-state index contributed by atoms with van der Waals surface area (Å²) < 4.78 is 10.4. The molecule has 0 aliphatic heterocycles. The Kier molecular flexibility index (Phi) is 12.9. The van der Waals surface area contributed by atoms with Gasteiger partial charge in [0.15, 0.2) is 5.96 Å². The number of ether oxygens (including phenoxy) is 2. The third-order valence-corrected chi connectivity index (χ3v) is 4.10. The topological polar surface area (TPSA) is 70.7 Å². The maximum absolute atomic E-state index is 5.46. The van der Waals surface area contributed by atoms with Crippen LogP contribution < -0.4 is 10.6 Å². The van der Waals surface area contributed by atoms with Gasteiger partial charge in [-0.2, -0.15) is 0 Å². The summed E-state index contributed by atoms with van der Waals surface area (Å²) in [6, 6.07) is 8.41. The van der Waals surface area contributed by atoms with Crippen molar-refractivity contribution in [2.45, 2.75) is 26.2 Å². The van der Waals surface area contributed by atoms with Gasteiger partial charge in [-0.15, -0.1) is 24.0 Å². The summed E-state index contributed by atoms with van der Waals surface area (Å²) in [7, 11) is 1.69. The van der Waals surface area contributed by atoms with E-state index >= 15 is 0 Å². The van der Waals surface area contributed by atoms with Crippen LogP contribution in [0, 0.1) is 0 Å². The fourth-order valence-electron chi connectivity index (χ4n) is 2.75. The molecule has 152 valence electrons. The molecule has 0 atom stereocenters. The molecule has 1 heterocycles. The zero-order chi connectivity index (χ0) is 18.5. The average Bonchev–Trinajstić information content (AvgIpc) is 3.07. The number of aliphatic imine (C=N–C) groups is 1. The predicted molar refractivity (Wildman–Crippen MR) is 123 cm³/mol. The van der Waals surface area contributed by atoms with Crippen LogP contribution in [0.5, 0.6) is 0 Å². The van der Waals surface area contributed by atoms with E-state index in [2.05, 4.69) is 58.0 Å². The highest BCUT2D eigenvalue weighted by molar-refractivity contribution is 14.0. The molecule has 0 bridgehead atoms. The van der Waals surface area contributed by atoms with Crippen LogP contribution in [0.3, 0.4) is 0 Å². The van der Waals surface area contributed by atoms with Crippen molar-refractivity contribution in [1.82, 2.24) is 15.6 Å². The second kappa shape index (κ2) is 14.7. The Balaban J connectivity index is 0.00000364. The molecule has 2 rings (SSSR count). The highest BCUT2D eigenvalue weighted by atomic mass is 127. The van der Waals surface area contributed by atoms with E-state index in [9.17, 15) is 0 Å². The first-order valence-corrected chi connectivity index (χ1v) is 9.49. The first-order valence-electron chi connectivity index (χ1n) is 9.49. The van der Waals surface area contributed by atoms with Gasteiger partial charge in [-0.3, -0.25) is 4.99 Å². The van der Waals surface area contributed by atoms with Gasteiger partial charge in [0.2, 0.25) is 0 Å². The number of aromatic nitrogens is 1. The van der Waals surface area contributed by atoms with Crippen LogP contribution in [0.1, 0.15) is 25.3 Å². The van der Waals surface area contributed by atoms with Gasteiger partial charge >= 0.3 is 0 Å². The molecule has 0 saturated heterocycles. The molecule has 0 aliphatic rings.